The second kappa shape index (κ2) is 7.76. The highest BCUT2D eigenvalue weighted by atomic mass is 19.1. The van der Waals surface area contributed by atoms with E-state index >= 15 is 0 Å². The quantitative estimate of drug-likeness (QED) is 0.807. The first kappa shape index (κ1) is 16.3. The molecule has 0 radical (unpaired) electrons. The predicted molar refractivity (Wildman–Crippen MR) is 67.4 cm³/mol. The molecule has 112 valence electrons. The zero-order valence-electron chi connectivity index (χ0n) is 11.3. The first-order chi connectivity index (χ1) is 9.43. The summed E-state index contributed by atoms with van der Waals surface area (Å²) in [4.78, 5) is 12.9. The lowest BCUT2D eigenvalue weighted by Gasteiger charge is -2.20. The average molecular weight is 289 g/mol. The fourth-order valence-electron chi connectivity index (χ4n) is 1.50. The van der Waals surface area contributed by atoms with Gasteiger partial charge >= 0.3 is 0 Å². The number of carbonyl (C=O) groups is 1. The molecule has 20 heavy (non-hydrogen) atoms. The summed E-state index contributed by atoms with van der Waals surface area (Å²) in [5.74, 6) is -2.24. The van der Waals surface area contributed by atoms with Crippen molar-refractivity contribution in [3.05, 3.63) is 29.8 Å². The van der Waals surface area contributed by atoms with Gasteiger partial charge in [-0.05, 0) is 12.1 Å². The van der Waals surface area contributed by atoms with Gasteiger partial charge in [-0.15, -0.1) is 0 Å². The number of ether oxygens (including phenoxy) is 2. The first-order valence-electron chi connectivity index (χ1n) is 5.93. The molecule has 0 bridgehead atoms. The van der Waals surface area contributed by atoms with Crippen molar-refractivity contribution in [1.29, 1.82) is 0 Å². The summed E-state index contributed by atoms with van der Waals surface area (Å²) in [7, 11) is 2.91. The monoisotopic (exact) mass is 289 g/mol. The molecule has 1 aromatic carbocycles. The Morgan fingerprint density at radius 1 is 1.45 bits per heavy atom. The Balaban J connectivity index is 2.46. The number of halogens is 2. The van der Waals surface area contributed by atoms with Gasteiger partial charge < -0.3 is 19.5 Å². The van der Waals surface area contributed by atoms with Crippen molar-refractivity contribution in [3.8, 4) is 5.75 Å². The predicted octanol–water partition coefficient (Wildman–Crippen LogP) is 0.809. The van der Waals surface area contributed by atoms with Crippen molar-refractivity contribution in [2.45, 2.75) is 6.10 Å². The molecule has 0 aliphatic carbocycles. The summed E-state index contributed by atoms with van der Waals surface area (Å²) in [6.45, 7) is -0.230. The Morgan fingerprint density at radius 3 is 2.75 bits per heavy atom. The molecule has 0 saturated carbocycles. The number of hydrogen-bond donors (Lipinski definition) is 1. The molecule has 0 fully saturated rings. The molecule has 0 heterocycles. The number of nitrogens with zero attached hydrogens (tertiary/aromatic N) is 1. The fourth-order valence-corrected chi connectivity index (χ4v) is 1.50. The molecule has 1 N–H and O–H groups in total. The molecular formula is C13H17F2NO4. The zero-order valence-corrected chi connectivity index (χ0v) is 11.3. The lowest BCUT2D eigenvalue weighted by atomic mass is 10.3. The van der Waals surface area contributed by atoms with Crippen molar-refractivity contribution >= 4 is 5.91 Å². The summed E-state index contributed by atoms with van der Waals surface area (Å²) in [5.41, 5.74) is 0. The molecule has 5 nitrogen and oxygen atoms in total. The van der Waals surface area contributed by atoms with Crippen molar-refractivity contribution in [3.63, 3.8) is 0 Å². The van der Waals surface area contributed by atoms with Crippen LogP contribution in [0.25, 0.3) is 0 Å². The minimum atomic E-state index is -0.875. The van der Waals surface area contributed by atoms with E-state index in [4.69, 9.17) is 9.47 Å². The van der Waals surface area contributed by atoms with Gasteiger partial charge in [0, 0.05) is 26.8 Å². The number of benzene rings is 1. The highest BCUT2D eigenvalue weighted by Gasteiger charge is 2.15. The van der Waals surface area contributed by atoms with Crippen LogP contribution < -0.4 is 4.74 Å². The molecule has 1 aromatic rings. The van der Waals surface area contributed by atoms with E-state index in [1.54, 1.807) is 0 Å². The average Bonchev–Trinajstić information content (AvgIpc) is 2.37. The molecule has 0 spiro atoms. The molecule has 0 saturated heterocycles. The van der Waals surface area contributed by atoms with Crippen LogP contribution in [0.1, 0.15) is 0 Å². The van der Waals surface area contributed by atoms with E-state index in [1.807, 2.05) is 0 Å². The Bertz CT molecular complexity index is 456. The van der Waals surface area contributed by atoms with Gasteiger partial charge in [-0.3, -0.25) is 4.79 Å². The van der Waals surface area contributed by atoms with Crippen LogP contribution >= 0.6 is 0 Å². The van der Waals surface area contributed by atoms with Crippen molar-refractivity contribution in [1.82, 2.24) is 4.90 Å². The minimum absolute atomic E-state index is 0.0714. The maximum Gasteiger partial charge on any atom is 0.260 e. The van der Waals surface area contributed by atoms with Gasteiger partial charge in [-0.25, -0.2) is 8.78 Å². The summed E-state index contributed by atoms with van der Waals surface area (Å²) < 4.78 is 35.7. The van der Waals surface area contributed by atoms with Crippen LogP contribution in [0, 0.1) is 11.6 Å². The molecule has 7 heteroatoms. The van der Waals surface area contributed by atoms with Gasteiger partial charge in [0.2, 0.25) is 0 Å². The highest BCUT2D eigenvalue weighted by Crippen LogP contribution is 2.17. The Kier molecular flexibility index (Phi) is 6.33. The lowest BCUT2D eigenvalue weighted by molar-refractivity contribution is -0.133. The van der Waals surface area contributed by atoms with Gasteiger partial charge in [-0.1, -0.05) is 0 Å². The van der Waals surface area contributed by atoms with Crippen LogP contribution in [0.3, 0.4) is 0 Å². The van der Waals surface area contributed by atoms with Crippen molar-refractivity contribution in [2.75, 3.05) is 33.9 Å². The molecule has 1 atom stereocenters. The number of rotatable bonds is 7. The van der Waals surface area contributed by atoms with E-state index in [2.05, 4.69) is 0 Å². The normalized spacial score (nSPS) is 12.1. The first-order valence-corrected chi connectivity index (χ1v) is 5.93. The van der Waals surface area contributed by atoms with Gasteiger partial charge in [0.05, 0.1) is 12.7 Å². The standard InChI is InChI=1S/C13H17F2NO4/c1-16(6-10(17)7-19-2)13(18)8-20-12-4-3-9(14)5-11(12)15/h3-5,10,17H,6-8H2,1-2H3. The molecule has 0 aromatic heterocycles. The van der Waals surface area contributed by atoms with E-state index in [0.29, 0.717) is 6.07 Å². The number of methoxy groups -OCH3 is 1. The number of aliphatic hydroxyl groups excluding tert-OH is 1. The third-order valence-electron chi connectivity index (χ3n) is 2.51. The molecule has 0 aliphatic heterocycles. The maximum absolute atomic E-state index is 13.3. The van der Waals surface area contributed by atoms with Crippen LogP contribution in [0.5, 0.6) is 5.75 Å². The van der Waals surface area contributed by atoms with Crippen LogP contribution in [-0.2, 0) is 9.53 Å². The number of hydrogen-bond acceptors (Lipinski definition) is 4. The smallest absolute Gasteiger partial charge is 0.260 e. The summed E-state index contributed by atoms with van der Waals surface area (Å²) in [6, 6.07) is 2.82. The highest BCUT2D eigenvalue weighted by molar-refractivity contribution is 5.77. The van der Waals surface area contributed by atoms with Crippen LogP contribution in [-0.4, -0.2) is 55.9 Å². The van der Waals surface area contributed by atoms with Crippen molar-refractivity contribution in [2.24, 2.45) is 0 Å². The van der Waals surface area contributed by atoms with Gasteiger partial charge in [0.25, 0.3) is 5.91 Å². The number of amides is 1. The van der Waals surface area contributed by atoms with E-state index in [1.165, 1.54) is 19.1 Å². The minimum Gasteiger partial charge on any atom is -0.481 e. The number of aliphatic hydroxyl groups is 1. The molecular weight excluding hydrogens is 272 g/mol. The Morgan fingerprint density at radius 2 is 2.15 bits per heavy atom. The number of likely N-dealkylation sites (N-methyl/N-ethyl adjacent to an activating group) is 1. The van der Waals surface area contributed by atoms with Gasteiger partial charge in [0.1, 0.15) is 5.82 Å². The maximum atomic E-state index is 13.3. The summed E-state index contributed by atoms with van der Waals surface area (Å²) in [6.07, 6.45) is -0.809. The second-order valence-corrected chi connectivity index (χ2v) is 4.25. The second-order valence-electron chi connectivity index (χ2n) is 4.25. The van der Waals surface area contributed by atoms with Crippen LogP contribution in [0.15, 0.2) is 18.2 Å². The number of carbonyl (C=O) groups excluding carboxylic acids is 1. The van der Waals surface area contributed by atoms with Crippen LogP contribution in [0.4, 0.5) is 8.78 Å². The van der Waals surface area contributed by atoms with Crippen molar-refractivity contribution < 1.29 is 28.2 Å². The molecule has 1 unspecified atom stereocenters. The summed E-state index contributed by atoms with van der Waals surface area (Å²) >= 11 is 0. The van der Waals surface area contributed by atoms with E-state index in [0.717, 1.165) is 12.1 Å². The Hall–Kier alpha value is -1.73. The third-order valence-corrected chi connectivity index (χ3v) is 2.51. The zero-order chi connectivity index (χ0) is 15.1. The SMILES string of the molecule is COCC(O)CN(C)C(=O)COc1ccc(F)cc1F. The van der Waals surface area contributed by atoms with Gasteiger partial charge in [0.15, 0.2) is 18.2 Å². The molecule has 1 amide bonds. The largest absolute Gasteiger partial charge is 0.481 e. The summed E-state index contributed by atoms with van der Waals surface area (Å²) in [5, 5.41) is 9.47. The van der Waals surface area contributed by atoms with E-state index in [-0.39, 0.29) is 18.9 Å². The van der Waals surface area contributed by atoms with E-state index in [9.17, 15) is 18.7 Å². The van der Waals surface area contributed by atoms with Gasteiger partial charge in [-0.2, -0.15) is 0 Å². The Labute approximate surface area is 115 Å². The molecule has 1 rings (SSSR count). The topological polar surface area (TPSA) is 59.0 Å². The third kappa shape index (κ3) is 5.10. The molecule has 0 aliphatic rings. The fraction of sp³-hybridized carbons (Fsp3) is 0.462. The van der Waals surface area contributed by atoms with E-state index < -0.39 is 30.3 Å². The van der Waals surface area contributed by atoms with Crippen LogP contribution in [0.2, 0.25) is 0 Å². The lowest BCUT2D eigenvalue weighted by Crippen LogP contribution is -2.38.